The number of amides is 2. The predicted molar refractivity (Wildman–Crippen MR) is 93.9 cm³/mol. The molecule has 1 fully saturated rings. The van der Waals surface area contributed by atoms with Crippen LogP contribution in [0.25, 0.3) is 5.69 Å². The number of morpholine rings is 1. The summed E-state index contributed by atoms with van der Waals surface area (Å²) in [5.74, 6) is 0. The van der Waals surface area contributed by atoms with E-state index >= 15 is 0 Å². The van der Waals surface area contributed by atoms with Crippen LogP contribution in [-0.4, -0.2) is 46.0 Å². The van der Waals surface area contributed by atoms with Crippen molar-refractivity contribution in [2.75, 3.05) is 18.5 Å². The summed E-state index contributed by atoms with van der Waals surface area (Å²) in [4.78, 5) is 14.4. The number of rotatable bonds is 2. The second-order valence-corrected chi connectivity index (χ2v) is 6.41. The number of urea groups is 1. The molecule has 1 saturated heterocycles. The Kier molecular flexibility index (Phi) is 4.78. The van der Waals surface area contributed by atoms with Gasteiger partial charge in [0.15, 0.2) is 0 Å². The smallest absolute Gasteiger partial charge is 0.322 e. The Hall–Kier alpha value is -2.05. The van der Waals surface area contributed by atoms with E-state index in [9.17, 15) is 4.79 Å². The van der Waals surface area contributed by atoms with Crippen molar-refractivity contribution in [2.45, 2.75) is 32.9 Å². The highest BCUT2D eigenvalue weighted by atomic mass is 35.5. The molecule has 0 bridgehead atoms. The van der Waals surface area contributed by atoms with Gasteiger partial charge in [0.05, 0.1) is 42.0 Å². The summed E-state index contributed by atoms with van der Waals surface area (Å²) in [6, 6.07) is 7.33. The van der Waals surface area contributed by atoms with Gasteiger partial charge in [-0.25, -0.2) is 9.48 Å². The van der Waals surface area contributed by atoms with Crippen LogP contribution in [0.1, 0.15) is 19.5 Å². The lowest BCUT2D eigenvalue weighted by atomic mass is 10.1. The van der Waals surface area contributed by atoms with Crippen LogP contribution < -0.4 is 5.32 Å². The minimum atomic E-state index is -0.133. The van der Waals surface area contributed by atoms with E-state index in [1.807, 2.05) is 45.0 Å². The summed E-state index contributed by atoms with van der Waals surface area (Å²) < 4.78 is 7.32. The third-order valence-corrected chi connectivity index (χ3v) is 4.68. The zero-order valence-electron chi connectivity index (χ0n) is 14.0. The second-order valence-electron chi connectivity index (χ2n) is 5.98. The number of benzene rings is 1. The van der Waals surface area contributed by atoms with Crippen LogP contribution in [0.2, 0.25) is 5.02 Å². The number of halogens is 1. The molecule has 0 spiro atoms. The Balaban J connectivity index is 1.78. The first-order valence-electron chi connectivity index (χ1n) is 7.97. The molecule has 2 aromatic rings. The van der Waals surface area contributed by atoms with E-state index in [2.05, 4.69) is 10.4 Å². The van der Waals surface area contributed by atoms with Crippen LogP contribution in [0.3, 0.4) is 0 Å². The number of nitrogens with zero attached hydrogens (tertiary/aromatic N) is 3. The largest absolute Gasteiger partial charge is 0.375 e. The minimum absolute atomic E-state index is 0.0276. The molecule has 1 aliphatic rings. The quantitative estimate of drug-likeness (QED) is 0.904. The fraction of sp³-hybridized carbons (Fsp3) is 0.412. The Bertz CT molecular complexity index is 746. The van der Waals surface area contributed by atoms with Gasteiger partial charge in [-0.1, -0.05) is 17.7 Å². The molecule has 1 aromatic carbocycles. The van der Waals surface area contributed by atoms with Crippen LogP contribution in [0.15, 0.2) is 30.5 Å². The van der Waals surface area contributed by atoms with Gasteiger partial charge in [0, 0.05) is 11.6 Å². The maximum Gasteiger partial charge on any atom is 0.322 e. The molecule has 1 aromatic heterocycles. The number of aromatic nitrogens is 2. The number of nitrogens with one attached hydrogen (secondary N) is 1. The Morgan fingerprint density at radius 3 is 2.96 bits per heavy atom. The number of hydrogen-bond acceptors (Lipinski definition) is 3. The van der Waals surface area contributed by atoms with Crippen molar-refractivity contribution in [3.63, 3.8) is 0 Å². The van der Waals surface area contributed by atoms with E-state index in [0.717, 1.165) is 11.4 Å². The van der Waals surface area contributed by atoms with Crippen LogP contribution in [0, 0.1) is 6.92 Å². The fourth-order valence-corrected chi connectivity index (χ4v) is 2.99. The van der Waals surface area contributed by atoms with E-state index in [1.54, 1.807) is 15.8 Å². The van der Waals surface area contributed by atoms with Crippen molar-refractivity contribution >= 4 is 23.3 Å². The van der Waals surface area contributed by atoms with E-state index < -0.39 is 0 Å². The maximum absolute atomic E-state index is 12.6. The van der Waals surface area contributed by atoms with E-state index in [-0.39, 0.29) is 18.2 Å². The lowest BCUT2D eigenvalue weighted by molar-refractivity contribution is -0.0355. The van der Waals surface area contributed by atoms with Gasteiger partial charge in [-0.3, -0.25) is 0 Å². The van der Waals surface area contributed by atoms with Crippen LogP contribution in [-0.2, 0) is 4.74 Å². The summed E-state index contributed by atoms with van der Waals surface area (Å²) in [6.07, 6.45) is 1.68. The number of ether oxygens (including phenoxy) is 1. The highest BCUT2D eigenvalue weighted by Crippen LogP contribution is 2.22. The lowest BCUT2D eigenvalue weighted by Gasteiger charge is -2.37. The fourth-order valence-electron chi connectivity index (χ4n) is 2.81. The van der Waals surface area contributed by atoms with Crippen LogP contribution in [0.4, 0.5) is 10.5 Å². The molecule has 0 radical (unpaired) electrons. The number of carbonyl (C=O) groups excluding carboxylic acids is 1. The van der Waals surface area contributed by atoms with Gasteiger partial charge in [-0.2, -0.15) is 5.10 Å². The summed E-state index contributed by atoms with van der Waals surface area (Å²) >= 11 is 6.04. The monoisotopic (exact) mass is 348 g/mol. The average molecular weight is 349 g/mol. The van der Waals surface area contributed by atoms with Crippen molar-refractivity contribution in [1.29, 1.82) is 0 Å². The van der Waals surface area contributed by atoms with Crippen molar-refractivity contribution in [1.82, 2.24) is 14.7 Å². The van der Waals surface area contributed by atoms with Gasteiger partial charge in [-0.15, -0.1) is 0 Å². The van der Waals surface area contributed by atoms with Crippen molar-refractivity contribution in [2.24, 2.45) is 0 Å². The molecular weight excluding hydrogens is 328 g/mol. The van der Waals surface area contributed by atoms with Crippen molar-refractivity contribution < 1.29 is 9.53 Å². The summed E-state index contributed by atoms with van der Waals surface area (Å²) in [5.41, 5.74) is 2.39. The topological polar surface area (TPSA) is 59.4 Å². The number of anilines is 1. The zero-order valence-corrected chi connectivity index (χ0v) is 14.7. The second kappa shape index (κ2) is 6.83. The third kappa shape index (κ3) is 3.25. The Morgan fingerprint density at radius 1 is 1.42 bits per heavy atom. The molecule has 128 valence electrons. The predicted octanol–water partition coefficient (Wildman–Crippen LogP) is 3.48. The SMILES string of the molecule is Cc1c(NC(=O)N2CCOC(C)C2C)cnn1-c1cccc(Cl)c1. The van der Waals surface area contributed by atoms with E-state index in [4.69, 9.17) is 16.3 Å². The molecule has 24 heavy (non-hydrogen) atoms. The first kappa shape index (κ1) is 16.8. The number of carbonyl (C=O) groups is 1. The van der Waals surface area contributed by atoms with E-state index in [0.29, 0.717) is 23.9 Å². The van der Waals surface area contributed by atoms with Gasteiger partial charge in [0.25, 0.3) is 0 Å². The molecule has 6 nitrogen and oxygen atoms in total. The molecule has 2 heterocycles. The maximum atomic E-state index is 12.6. The minimum Gasteiger partial charge on any atom is -0.375 e. The average Bonchev–Trinajstić information content (AvgIpc) is 2.91. The lowest BCUT2D eigenvalue weighted by Crippen LogP contribution is -2.52. The summed E-state index contributed by atoms with van der Waals surface area (Å²) in [7, 11) is 0. The van der Waals surface area contributed by atoms with Gasteiger partial charge in [0.2, 0.25) is 0 Å². The molecule has 3 rings (SSSR count). The van der Waals surface area contributed by atoms with E-state index in [1.165, 1.54) is 0 Å². The molecule has 2 amide bonds. The highest BCUT2D eigenvalue weighted by Gasteiger charge is 2.29. The molecular formula is C17H21ClN4O2. The molecule has 0 saturated carbocycles. The normalized spacial score (nSPS) is 20.9. The molecule has 7 heteroatoms. The molecule has 1 N–H and O–H groups in total. The Labute approximate surface area is 146 Å². The first-order valence-corrected chi connectivity index (χ1v) is 8.35. The molecule has 2 unspecified atom stereocenters. The van der Waals surface area contributed by atoms with Gasteiger partial charge in [-0.05, 0) is 39.0 Å². The van der Waals surface area contributed by atoms with Gasteiger partial charge in [0.1, 0.15) is 0 Å². The van der Waals surface area contributed by atoms with Gasteiger partial charge < -0.3 is 15.0 Å². The molecule has 1 aliphatic heterocycles. The molecule has 2 atom stereocenters. The zero-order chi connectivity index (χ0) is 17.3. The third-order valence-electron chi connectivity index (χ3n) is 4.45. The first-order chi connectivity index (χ1) is 11.5. The molecule has 0 aliphatic carbocycles. The Morgan fingerprint density at radius 2 is 2.21 bits per heavy atom. The van der Waals surface area contributed by atoms with Crippen LogP contribution >= 0.6 is 11.6 Å². The summed E-state index contributed by atoms with van der Waals surface area (Å²) in [6.45, 7) is 7.02. The summed E-state index contributed by atoms with van der Waals surface area (Å²) in [5, 5.41) is 7.95. The van der Waals surface area contributed by atoms with Crippen molar-refractivity contribution in [3.8, 4) is 5.69 Å². The van der Waals surface area contributed by atoms with Gasteiger partial charge >= 0.3 is 6.03 Å². The van der Waals surface area contributed by atoms with Crippen LogP contribution in [0.5, 0.6) is 0 Å². The van der Waals surface area contributed by atoms with Crippen molar-refractivity contribution in [3.05, 3.63) is 41.2 Å². The number of hydrogen-bond donors (Lipinski definition) is 1. The standard InChI is InChI=1S/C17H21ClN4O2/c1-11-13(3)24-8-7-21(11)17(23)20-16-10-19-22(12(16)2)15-6-4-5-14(18)9-15/h4-6,9-11,13H,7-8H2,1-3H3,(H,20,23). The highest BCUT2D eigenvalue weighted by molar-refractivity contribution is 6.30.